The van der Waals surface area contributed by atoms with Crippen LogP contribution in [0, 0.1) is 0 Å². The number of nitrogens with one attached hydrogen (secondary N) is 1. The summed E-state index contributed by atoms with van der Waals surface area (Å²) < 4.78 is 47.1. The monoisotopic (exact) mass is 502 g/mol. The maximum atomic E-state index is 12.3. The zero-order valence-corrected chi connectivity index (χ0v) is 17.5. The van der Waals surface area contributed by atoms with Crippen molar-refractivity contribution in [3.8, 4) is 0 Å². The molecule has 0 aliphatic carbocycles. The first-order chi connectivity index (χ1) is 14.6. The van der Waals surface area contributed by atoms with Gasteiger partial charge >= 0.3 is 12.1 Å². The molecule has 0 saturated carbocycles. The highest BCUT2D eigenvalue weighted by atomic mass is 79.9. The van der Waals surface area contributed by atoms with Crippen LogP contribution >= 0.6 is 15.9 Å². The molecule has 0 atom stereocenters. The van der Waals surface area contributed by atoms with Crippen LogP contribution in [0.15, 0.2) is 34.9 Å². The van der Waals surface area contributed by atoms with E-state index in [1.165, 1.54) is 0 Å². The van der Waals surface area contributed by atoms with Crippen molar-refractivity contribution in [2.45, 2.75) is 18.9 Å². The second-order valence-electron chi connectivity index (χ2n) is 6.51. The number of H-pyrrole nitrogens is 1. The number of pyridine rings is 1. The molecule has 0 unspecified atom stereocenters. The average molecular weight is 503 g/mol. The van der Waals surface area contributed by atoms with Gasteiger partial charge in [-0.1, -0.05) is 18.2 Å². The smallest absolute Gasteiger partial charge is 0.419 e. The summed E-state index contributed by atoms with van der Waals surface area (Å²) in [6, 6.07) is 8.61. The van der Waals surface area contributed by atoms with Crippen molar-refractivity contribution in [1.82, 2.24) is 9.97 Å². The van der Waals surface area contributed by atoms with Crippen molar-refractivity contribution in [3.63, 3.8) is 0 Å². The van der Waals surface area contributed by atoms with Gasteiger partial charge in [0.2, 0.25) is 0 Å². The number of ether oxygens (including phenoxy) is 2. The van der Waals surface area contributed by atoms with Crippen LogP contribution in [0.2, 0.25) is 0 Å². The molecule has 6 N–H and O–H groups in total. The highest BCUT2D eigenvalue weighted by Crippen LogP contribution is 2.35. The minimum Gasteiger partial charge on any atom is -0.476 e. The van der Waals surface area contributed by atoms with Crippen LogP contribution in [0.4, 0.5) is 24.7 Å². The maximum Gasteiger partial charge on any atom is 0.419 e. The van der Waals surface area contributed by atoms with Crippen molar-refractivity contribution >= 4 is 44.3 Å². The summed E-state index contributed by atoms with van der Waals surface area (Å²) in [6.45, 7) is 1.35. The second-order valence-corrected chi connectivity index (χ2v) is 7.26. The van der Waals surface area contributed by atoms with Gasteiger partial charge in [-0.15, -0.1) is 0 Å². The summed E-state index contributed by atoms with van der Waals surface area (Å²) in [5, 5.41) is 9.69. The summed E-state index contributed by atoms with van der Waals surface area (Å²) in [6.07, 6.45) is -4.08. The number of benzene rings is 1. The Bertz CT molecular complexity index is 1100. The third-order valence-electron chi connectivity index (χ3n) is 4.42. The molecule has 12 heteroatoms. The quantitative estimate of drug-likeness (QED) is 0.399. The van der Waals surface area contributed by atoms with E-state index in [2.05, 4.69) is 32.0 Å². The number of rotatable bonds is 3. The van der Waals surface area contributed by atoms with Gasteiger partial charge in [0.25, 0.3) is 0 Å². The topological polar surface area (TPSA) is 136 Å². The van der Waals surface area contributed by atoms with Gasteiger partial charge in [0.15, 0.2) is 12.0 Å². The van der Waals surface area contributed by atoms with Gasteiger partial charge in [0.05, 0.1) is 24.5 Å². The van der Waals surface area contributed by atoms with E-state index in [0.717, 1.165) is 16.5 Å². The van der Waals surface area contributed by atoms with Crippen LogP contribution in [0.25, 0.3) is 10.9 Å². The molecule has 2 aromatic heterocycles. The van der Waals surface area contributed by atoms with E-state index in [9.17, 15) is 18.0 Å². The van der Waals surface area contributed by atoms with E-state index < -0.39 is 33.7 Å². The van der Waals surface area contributed by atoms with Crippen LogP contribution in [-0.4, -0.2) is 40.5 Å². The number of para-hydroxylation sites is 1. The molecule has 1 aliphatic rings. The molecule has 1 aromatic carbocycles. The van der Waals surface area contributed by atoms with E-state index in [4.69, 9.17) is 26.0 Å². The molecule has 3 heterocycles. The van der Waals surface area contributed by atoms with Crippen molar-refractivity contribution in [1.29, 1.82) is 0 Å². The molecule has 1 aliphatic heterocycles. The number of nitrogen functional groups attached to an aromatic ring is 2. The third kappa shape index (κ3) is 5.27. The third-order valence-corrected chi connectivity index (χ3v) is 5.03. The predicted octanol–water partition coefficient (Wildman–Crippen LogP) is 3.81. The number of carbonyl (C=O) groups is 1. The van der Waals surface area contributed by atoms with Gasteiger partial charge in [0.1, 0.15) is 10.4 Å². The first kappa shape index (κ1) is 22.8. The number of anilines is 2. The Morgan fingerprint density at radius 3 is 2.52 bits per heavy atom. The first-order valence-electron chi connectivity index (χ1n) is 8.92. The number of halogens is 4. The number of hydrogen-bond acceptors (Lipinski definition) is 6. The highest BCUT2D eigenvalue weighted by Gasteiger charge is 2.35. The molecule has 0 spiro atoms. The Morgan fingerprint density at radius 2 is 1.90 bits per heavy atom. The van der Waals surface area contributed by atoms with E-state index >= 15 is 0 Å². The Kier molecular flexibility index (Phi) is 6.72. The minimum absolute atomic E-state index is 0.151. The van der Waals surface area contributed by atoms with Crippen LogP contribution in [0.3, 0.4) is 0 Å². The predicted molar refractivity (Wildman–Crippen MR) is 110 cm³/mol. The lowest BCUT2D eigenvalue weighted by molar-refractivity contribution is -0.138. The van der Waals surface area contributed by atoms with Crippen molar-refractivity contribution in [2.24, 2.45) is 0 Å². The fourth-order valence-corrected chi connectivity index (χ4v) is 3.53. The zero-order valence-electron chi connectivity index (χ0n) is 15.9. The summed E-state index contributed by atoms with van der Waals surface area (Å²) in [4.78, 5) is 16.9. The summed E-state index contributed by atoms with van der Waals surface area (Å²) in [7, 11) is 0. The van der Waals surface area contributed by atoms with Gasteiger partial charge in [-0.2, -0.15) is 13.2 Å². The van der Waals surface area contributed by atoms with Crippen LogP contribution < -0.4 is 11.5 Å². The van der Waals surface area contributed by atoms with E-state index in [0.29, 0.717) is 31.5 Å². The maximum absolute atomic E-state index is 12.3. The number of nitrogens with zero attached hydrogens (tertiary/aromatic N) is 1. The summed E-state index contributed by atoms with van der Waals surface area (Å²) in [5.74, 6) is -0.776. The number of aromatic amines is 1. The Hall–Kier alpha value is -2.83. The Labute approximate surface area is 182 Å². The van der Waals surface area contributed by atoms with E-state index in [-0.39, 0.29) is 6.29 Å². The first-order valence-corrected chi connectivity index (χ1v) is 9.72. The fraction of sp³-hybridized carbons (Fsp3) is 0.263. The number of carboxylic acid groups (broad SMARTS) is 1. The molecular weight excluding hydrogens is 485 g/mol. The number of carboxylic acids is 1. The molecule has 0 radical (unpaired) electrons. The standard InChI is InChI=1S/C12H14N2O2.C7H4BrF3N2O2/c13-12-9(7-11-15-5-6-16-11)8-3-1-2-4-10(8)14-12;8-5-2(7(9,10)11)1-3(12)4(13-5)6(14)15/h1-4,11,14H,5-7,13H2;1H,12H2,(H,14,15). The second kappa shape index (κ2) is 9.12. The van der Waals surface area contributed by atoms with Gasteiger partial charge in [-0.25, -0.2) is 9.78 Å². The summed E-state index contributed by atoms with van der Waals surface area (Å²) >= 11 is 2.54. The molecule has 166 valence electrons. The van der Waals surface area contributed by atoms with Crippen LogP contribution in [0.1, 0.15) is 21.6 Å². The SMILES string of the molecule is Nc1[nH]c2ccccc2c1CC1OCCO1.Nc1cc(C(F)(F)F)c(Br)nc1C(=O)O. The molecule has 1 fully saturated rings. The largest absolute Gasteiger partial charge is 0.476 e. The number of hydrogen-bond donors (Lipinski definition) is 4. The van der Waals surface area contributed by atoms with E-state index in [1.807, 2.05) is 18.2 Å². The molecule has 0 bridgehead atoms. The highest BCUT2D eigenvalue weighted by molar-refractivity contribution is 9.10. The Morgan fingerprint density at radius 1 is 1.26 bits per heavy atom. The minimum atomic E-state index is -4.63. The number of aromatic carboxylic acids is 1. The van der Waals surface area contributed by atoms with Crippen LogP contribution in [0.5, 0.6) is 0 Å². The number of alkyl halides is 3. The summed E-state index contributed by atoms with van der Waals surface area (Å²) in [5.41, 5.74) is 11.0. The molecule has 0 amide bonds. The fourth-order valence-electron chi connectivity index (χ4n) is 3.01. The van der Waals surface area contributed by atoms with Gasteiger partial charge in [0, 0.05) is 22.9 Å². The molecule has 31 heavy (non-hydrogen) atoms. The van der Waals surface area contributed by atoms with Crippen molar-refractivity contribution in [3.05, 3.63) is 51.8 Å². The lowest BCUT2D eigenvalue weighted by atomic mass is 10.1. The van der Waals surface area contributed by atoms with Gasteiger partial charge in [-0.3, -0.25) is 0 Å². The number of aromatic nitrogens is 2. The molecular formula is C19H18BrF3N4O4. The van der Waals surface area contributed by atoms with Crippen molar-refractivity contribution < 1.29 is 32.5 Å². The van der Waals surface area contributed by atoms with Crippen LogP contribution in [-0.2, 0) is 22.1 Å². The van der Waals surface area contributed by atoms with Gasteiger partial charge < -0.3 is 31.0 Å². The lowest BCUT2D eigenvalue weighted by Gasteiger charge is -2.10. The number of fused-ring (bicyclic) bond motifs is 1. The van der Waals surface area contributed by atoms with Gasteiger partial charge in [-0.05, 0) is 28.1 Å². The van der Waals surface area contributed by atoms with E-state index in [1.54, 1.807) is 0 Å². The normalized spacial score (nSPS) is 14.5. The number of nitrogens with two attached hydrogens (primary N) is 2. The average Bonchev–Trinajstić information content (AvgIpc) is 3.31. The molecule has 3 aromatic rings. The molecule has 4 rings (SSSR count). The van der Waals surface area contributed by atoms with Crippen molar-refractivity contribution in [2.75, 3.05) is 24.7 Å². The Balaban J connectivity index is 0.000000176. The molecule has 8 nitrogen and oxygen atoms in total. The lowest BCUT2D eigenvalue weighted by Crippen LogP contribution is -2.12. The molecule has 1 saturated heterocycles. The zero-order chi connectivity index (χ0) is 22.8.